The molecular weight excluding hydrogens is 241 g/mol. The highest BCUT2D eigenvalue weighted by atomic mass is 19.4. The van der Waals surface area contributed by atoms with Crippen molar-refractivity contribution in [1.29, 1.82) is 0 Å². The van der Waals surface area contributed by atoms with Crippen molar-refractivity contribution < 1.29 is 27.6 Å². The number of carboxylic acids is 1. The highest BCUT2D eigenvalue weighted by Crippen LogP contribution is 2.20. The molecule has 0 aliphatic carbocycles. The minimum atomic E-state index is -4.38. The summed E-state index contributed by atoms with van der Waals surface area (Å²) in [6, 6.07) is 0. The summed E-state index contributed by atoms with van der Waals surface area (Å²) in [5.41, 5.74) is 0. The summed E-state index contributed by atoms with van der Waals surface area (Å²) in [6.45, 7) is 1.64. The van der Waals surface area contributed by atoms with Gasteiger partial charge >= 0.3 is 12.1 Å². The monoisotopic (exact) mass is 252 g/mol. The second-order valence-electron chi connectivity index (χ2n) is 3.80. The Morgan fingerprint density at radius 1 is 1.53 bits per heavy atom. The molecular formula is C9H11F3N2O3. The van der Waals surface area contributed by atoms with Crippen LogP contribution in [-0.4, -0.2) is 27.4 Å². The van der Waals surface area contributed by atoms with E-state index < -0.39 is 24.4 Å². The lowest BCUT2D eigenvalue weighted by Crippen LogP contribution is -2.13. The zero-order valence-electron chi connectivity index (χ0n) is 8.99. The van der Waals surface area contributed by atoms with Gasteiger partial charge in [-0.25, -0.2) is 0 Å². The van der Waals surface area contributed by atoms with E-state index in [0.29, 0.717) is 0 Å². The molecule has 0 aromatic carbocycles. The van der Waals surface area contributed by atoms with E-state index in [1.807, 2.05) is 0 Å². The van der Waals surface area contributed by atoms with Crippen LogP contribution >= 0.6 is 0 Å². The number of rotatable bonds is 5. The van der Waals surface area contributed by atoms with Crippen LogP contribution in [0.4, 0.5) is 13.2 Å². The Morgan fingerprint density at radius 3 is 2.71 bits per heavy atom. The number of alkyl halides is 3. The van der Waals surface area contributed by atoms with Crippen LogP contribution in [0, 0.1) is 5.92 Å². The summed E-state index contributed by atoms with van der Waals surface area (Å²) in [4.78, 5) is 13.9. The molecule has 0 saturated carbocycles. The van der Waals surface area contributed by atoms with Crippen molar-refractivity contribution in [2.24, 2.45) is 5.92 Å². The first-order valence-corrected chi connectivity index (χ1v) is 4.86. The molecule has 8 heteroatoms. The van der Waals surface area contributed by atoms with Crippen molar-refractivity contribution in [2.45, 2.75) is 32.4 Å². The lowest BCUT2D eigenvalue weighted by atomic mass is 10.0. The standard InChI is InChI=1S/C9H11F3N2O3/c1-5(3-8(15)16)2-7-13-6(14-17-7)4-9(10,11)12/h5H,2-4H2,1H3,(H,15,16). The van der Waals surface area contributed by atoms with Gasteiger partial charge in [-0.1, -0.05) is 12.1 Å². The predicted molar refractivity (Wildman–Crippen MR) is 49.2 cm³/mol. The van der Waals surface area contributed by atoms with E-state index in [-0.39, 0.29) is 24.7 Å². The lowest BCUT2D eigenvalue weighted by molar-refractivity contribution is -0.138. The van der Waals surface area contributed by atoms with Crippen LogP contribution in [0.5, 0.6) is 0 Å². The molecule has 0 amide bonds. The van der Waals surface area contributed by atoms with E-state index in [0.717, 1.165) is 0 Å². The van der Waals surface area contributed by atoms with Crippen LogP contribution < -0.4 is 0 Å². The molecule has 1 aromatic heterocycles. The summed E-state index contributed by atoms with van der Waals surface area (Å²) >= 11 is 0. The molecule has 0 saturated heterocycles. The molecule has 0 aliphatic rings. The molecule has 1 atom stereocenters. The molecule has 96 valence electrons. The van der Waals surface area contributed by atoms with Gasteiger partial charge in [0, 0.05) is 12.8 Å². The van der Waals surface area contributed by atoms with Crippen molar-refractivity contribution in [3.8, 4) is 0 Å². The smallest absolute Gasteiger partial charge is 0.396 e. The van der Waals surface area contributed by atoms with Gasteiger partial charge in [0.15, 0.2) is 5.82 Å². The first-order chi connectivity index (χ1) is 7.76. The number of hydrogen-bond acceptors (Lipinski definition) is 4. The third-order valence-electron chi connectivity index (χ3n) is 1.91. The number of carboxylic acid groups (broad SMARTS) is 1. The first kappa shape index (κ1) is 13.5. The average Bonchev–Trinajstić information content (AvgIpc) is 2.46. The molecule has 5 nitrogen and oxygen atoms in total. The molecule has 0 aliphatic heterocycles. The maximum atomic E-state index is 12.0. The van der Waals surface area contributed by atoms with Crippen molar-refractivity contribution in [1.82, 2.24) is 10.1 Å². The van der Waals surface area contributed by atoms with Crippen LogP contribution in [0.2, 0.25) is 0 Å². The third-order valence-corrected chi connectivity index (χ3v) is 1.91. The Balaban J connectivity index is 2.54. The normalized spacial score (nSPS) is 13.6. The fourth-order valence-corrected chi connectivity index (χ4v) is 1.29. The van der Waals surface area contributed by atoms with E-state index in [2.05, 4.69) is 14.7 Å². The molecule has 0 fully saturated rings. The van der Waals surface area contributed by atoms with E-state index in [1.54, 1.807) is 6.92 Å². The Kier molecular flexibility index (Phi) is 4.08. The first-order valence-electron chi connectivity index (χ1n) is 4.86. The van der Waals surface area contributed by atoms with E-state index in [1.165, 1.54) is 0 Å². The molecule has 1 rings (SSSR count). The van der Waals surface area contributed by atoms with Gasteiger partial charge in [-0.15, -0.1) is 0 Å². The number of aliphatic carboxylic acids is 1. The van der Waals surface area contributed by atoms with Gasteiger partial charge in [0.25, 0.3) is 0 Å². The van der Waals surface area contributed by atoms with Gasteiger partial charge in [0.05, 0.1) is 0 Å². The molecule has 0 spiro atoms. The summed E-state index contributed by atoms with van der Waals surface area (Å²) in [5, 5.41) is 11.7. The summed E-state index contributed by atoms with van der Waals surface area (Å²) in [6.07, 6.45) is -5.58. The summed E-state index contributed by atoms with van der Waals surface area (Å²) in [7, 11) is 0. The lowest BCUT2D eigenvalue weighted by Gasteiger charge is -2.03. The molecule has 0 bridgehead atoms. The predicted octanol–water partition coefficient (Wildman–Crippen LogP) is 1.83. The van der Waals surface area contributed by atoms with Gasteiger partial charge in [0.2, 0.25) is 5.89 Å². The van der Waals surface area contributed by atoms with Crippen LogP contribution in [0.15, 0.2) is 4.52 Å². The topological polar surface area (TPSA) is 76.2 Å². The van der Waals surface area contributed by atoms with Crippen molar-refractivity contribution in [3.05, 3.63) is 11.7 Å². The fraction of sp³-hybridized carbons (Fsp3) is 0.667. The van der Waals surface area contributed by atoms with Crippen LogP contribution in [0.25, 0.3) is 0 Å². The molecule has 1 aromatic rings. The summed E-state index contributed by atoms with van der Waals surface area (Å²) < 4.78 is 40.6. The average molecular weight is 252 g/mol. The van der Waals surface area contributed by atoms with Gasteiger partial charge in [0.1, 0.15) is 6.42 Å². The highest BCUT2D eigenvalue weighted by Gasteiger charge is 2.30. The van der Waals surface area contributed by atoms with Crippen molar-refractivity contribution in [2.75, 3.05) is 0 Å². The van der Waals surface area contributed by atoms with E-state index >= 15 is 0 Å². The molecule has 1 N–H and O–H groups in total. The number of hydrogen-bond donors (Lipinski definition) is 1. The Labute approximate surface area is 94.6 Å². The largest absolute Gasteiger partial charge is 0.481 e. The van der Waals surface area contributed by atoms with E-state index in [4.69, 9.17) is 5.11 Å². The number of nitrogens with zero attached hydrogens (tertiary/aromatic N) is 2. The second-order valence-corrected chi connectivity index (χ2v) is 3.80. The molecule has 0 radical (unpaired) electrons. The number of carbonyl (C=O) groups is 1. The van der Waals surface area contributed by atoms with Crippen LogP contribution in [0.1, 0.15) is 25.1 Å². The maximum Gasteiger partial charge on any atom is 0.396 e. The number of halogens is 3. The van der Waals surface area contributed by atoms with Crippen LogP contribution in [0.3, 0.4) is 0 Å². The van der Waals surface area contributed by atoms with Gasteiger partial charge in [-0.05, 0) is 5.92 Å². The van der Waals surface area contributed by atoms with Crippen molar-refractivity contribution in [3.63, 3.8) is 0 Å². The zero-order valence-corrected chi connectivity index (χ0v) is 8.99. The van der Waals surface area contributed by atoms with Gasteiger partial charge in [-0.3, -0.25) is 4.79 Å². The Hall–Kier alpha value is -1.60. The van der Waals surface area contributed by atoms with E-state index in [9.17, 15) is 18.0 Å². The Morgan fingerprint density at radius 2 is 2.18 bits per heavy atom. The number of aromatic nitrogens is 2. The molecule has 1 unspecified atom stereocenters. The Bertz CT molecular complexity index is 389. The third kappa shape index (κ3) is 5.32. The quantitative estimate of drug-likeness (QED) is 0.865. The highest BCUT2D eigenvalue weighted by molar-refractivity contribution is 5.66. The van der Waals surface area contributed by atoms with Gasteiger partial charge in [-0.2, -0.15) is 18.2 Å². The van der Waals surface area contributed by atoms with Crippen LogP contribution in [-0.2, 0) is 17.6 Å². The SMILES string of the molecule is CC(CC(=O)O)Cc1nc(CC(F)(F)F)no1. The fourth-order valence-electron chi connectivity index (χ4n) is 1.29. The maximum absolute atomic E-state index is 12.0. The minimum absolute atomic E-state index is 0.0259. The summed E-state index contributed by atoms with van der Waals surface area (Å²) in [5.74, 6) is -1.66. The zero-order chi connectivity index (χ0) is 13.1. The molecule has 1 heterocycles. The second kappa shape index (κ2) is 5.15. The van der Waals surface area contributed by atoms with Crippen molar-refractivity contribution >= 4 is 5.97 Å². The molecule has 17 heavy (non-hydrogen) atoms. The minimum Gasteiger partial charge on any atom is -0.481 e. The van der Waals surface area contributed by atoms with Gasteiger partial charge < -0.3 is 9.63 Å².